The lowest BCUT2D eigenvalue weighted by Gasteiger charge is -2.29. The summed E-state index contributed by atoms with van der Waals surface area (Å²) in [5.74, 6) is -0.405. The summed E-state index contributed by atoms with van der Waals surface area (Å²) >= 11 is 0. The zero-order chi connectivity index (χ0) is 33.9. The van der Waals surface area contributed by atoms with E-state index < -0.39 is 32.4 Å². The summed E-state index contributed by atoms with van der Waals surface area (Å²) in [6.07, 6.45) is 5.23. The largest absolute Gasteiger partial charge is 0.445 e. The van der Waals surface area contributed by atoms with Crippen LogP contribution in [0.4, 0.5) is 4.79 Å². The van der Waals surface area contributed by atoms with Crippen molar-refractivity contribution in [1.82, 2.24) is 36.3 Å². The number of hydrogen-bond donors (Lipinski definition) is 0. The molecule has 0 unspecified atom stereocenters. The van der Waals surface area contributed by atoms with Crippen molar-refractivity contribution in [1.29, 1.82) is 0 Å². The highest BCUT2D eigenvalue weighted by Gasteiger charge is 2.29. The van der Waals surface area contributed by atoms with E-state index in [0.29, 0.717) is 25.1 Å². The van der Waals surface area contributed by atoms with Crippen LogP contribution in [0.15, 0.2) is 73.3 Å². The Bertz CT molecular complexity index is 1890. The summed E-state index contributed by atoms with van der Waals surface area (Å²) in [5.41, 5.74) is 2.91. The van der Waals surface area contributed by atoms with Crippen LogP contribution in [0.2, 0.25) is 0 Å². The molecule has 2 amide bonds. The average molecular weight is 685 g/mol. The number of rotatable bonds is 11. The predicted octanol–water partition coefficient (Wildman–Crippen LogP) is 1.93. The molecule has 1 aliphatic heterocycles. The normalized spacial score (nSPS) is 13.5. The molecular weight excluding hydrogens is 649 g/mol. The average Bonchev–Trinajstić information content (AvgIpc) is 3.73. The second-order valence-corrected chi connectivity index (χ2v) is 15.3. The van der Waals surface area contributed by atoms with Crippen LogP contribution >= 0.6 is 0 Å². The molecule has 1 aliphatic rings. The lowest BCUT2D eigenvalue weighted by Crippen LogP contribution is -2.37. The van der Waals surface area contributed by atoms with Crippen LogP contribution in [0, 0.1) is 0 Å². The Hall–Kier alpha value is -4.58. The van der Waals surface area contributed by atoms with Gasteiger partial charge in [0, 0.05) is 71.6 Å². The maximum absolute atomic E-state index is 14.1. The van der Waals surface area contributed by atoms with E-state index in [0.717, 1.165) is 33.2 Å². The third-order valence-corrected chi connectivity index (χ3v) is 11.2. The highest BCUT2D eigenvalue weighted by Crippen LogP contribution is 2.24. The van der Waals surface area contributed by atoms with Gasteiger partial charge in [-0.15, -0.1) is 0 Å². The first kappa shape index (κ1) is 33.8. The smallest absolute Gasteiger partial charge is 0.410 e. The van der Waals surface area contributed by atoms with Gasteiger partial charge in [-0.3, -0.25) is 4.79 Å². The molecule has 47 heavy (non-hydrogen) atoms. The highest BCUT2D eigenvalue weighted by molar-refractivity contribution is 7.87. The predicted molar refractivity (Wildman–Crippen MR) is 171 cm³/mol. The van der Waals surface area contributed by atoms with Crippen LogP contribution in [0.5, 0.6) is 0 Å². The van der Waals surface area contributed by atoms with Crippen LogP contribution in [-0.2, 0) is 57.8 Å². The number of nitrogens with zero attached hydrogens (tertiary/aromatic N) is 8. The number of benzene rings is 2. The fraction of sp³-hybridized carbons (Fsp3) is 0.333. The van der Waals surface area contributed by atoms with E-state index in [1.807, 2.05) is 30.3 Å². The molecule has 3 heterocycles. The van der Waals surface area contributed by atoms with Crippen LogP contribution in [0.1, 0.15) is 38.7 Å². The monoisotopic (exact) mass is 684 g/mol. The maximum Gasteiger partial charge on any atom is 0.410 e. The fourth-order valence-electron chi connectivity index (χ4n) is 5.01. The van der Waals surface area contributed by atoms with Crippen molar-refractivity contribution in [3.8, 4) is 0 Å². The molecular formula is C30H36N8O7S2. The summed E-state index contributed by atoms with van der Waals surface area (Å²) in [6.45, 7) is 0.314. The Kier molecular flexibility index (Phi) is 9.81. The number of ether oxygens (including phenoxy) is 1. The van der Waals surface area contributed by atoms with E-state index in [9.17, 15) is 26.4 Å². The second kappa shape index (κ2) is 13.6. The molecule has 250 valence electrons. The van der Waals surface area contributed by atoms with Crippen molar-refractivity contribution in [2.45, 2.75) is 32.7 Å². The number of aromatic nitrogens is 4. The van der Waals surface area contributed by atoms with Crippen molar-refractivity contribution in [3.05, 3.63) is 107 Å². The number of carbonyl (C=O) groups is 2. The minimum absolute atomic E-state index is 0.0447. The summed E-state index contributed by atoms with van der Waals surface area (Å²) < 4.78 is 61.3. The van der Waals surface area contributed by atoms with Gasteiger partial charge in [0.2, 0.25) is 0 Å². The van der Waals surface area contributed by atoms with Gasteiger partial charge in [-0.25, -0.2) is 22.7 Å². The van der Waals surface area contributed by atoms with Gasteiger partial charge in [0.25, 0.3) is 5.91 Å². The van der Waals surface area contributed by atoms with Gasteiger partial charge in [-0.2, -0.15) is 25.4 Å². The van der Waals surface area contributed by atoms with Crippen LogP contribution < -0.4 is 0 Å². The molecule has 0 aliphatic carbocycles. The highest BCUT2D eigenvalue weighted by atomic mass is 32.2. The molecule has 0 saturated heterocycles. The third-order valence-electron chi connectivity index (χ3n) is 7.66. The summed E-state index contributed by atoms with van der Waals surface area (Å²) in [5, 5.41) is 0. The molecule has 0 bridgehead atoms. The Labute approximate surface area is 274 Å². The number of fused-ring (bicyclic) bond motifs is 1. The van der Waals surface area contributed by atoms with E-state index in [1.165, 1.54) is 57.9 Å². The zero-order valence-corrected chi connectivity index (χ0v) is 28.1. The molecule has 2 aromatic carbocycles. The zero-order valence-electron chi connectivity index (χ0n) is 26.4. The maximum atomic E-state index is 14.1. The summed E-state index contributed by atoms with van der Waals surface area (Å²) in [6, 6.07) is 14.5. The van der Waals surface area contributed by atoms with Crippen LogP contribution in [0.3, 0.4) is 0 Å². The fourth-order valence-corrected chi connectivity index (χ4v) is 6.88. The molecule has 4 aromatic rings. The van der Waals surface area contributed by atoms with E-state index in [2.05, 4.69) is 9.97 Å². The molecule has 0 spiro atoms. The molecule has 0 radical (unpaired) electrons. The third kappa shape index (κ3) is 7.22. The van der Waals surface area contributed by atoms with Gasteiger partial charge >= 0.3 is 26.5 Å². The van der Waals surface area contributed by atoms with Crippen molar-refractivity contribution < 1.29 is 31.2 Å². The quantitative estimate of drug-likeness (QED) is 0.230. The Morgan fingerprint density at radius 3 is 1.94 bits per heavy atom. The molecule has 0 fully saturated rings. The van der Waals surface area contributed by atoms with Gasteiger partial charge in [-0.1, -0.05) is 36.4 Å². The van der Waals surface area contributed by atoms with Crippen molar-refractivity contribution in [2.75, 3.05) is 34.7 Å². The van der Waals surface area contributed by atoms with Gasteiger partial charge < -0.3 is 14.5 Å². The first-order valence-electron chi connectivity index (χ1n) is 14.6. The topological polar surface area (TPSA) is 160 Å². The molecule has 0 atom stereocenters. The number of carbonyl (C=O) groups excluding carboxylic acids is 2. The van der Waals surface area contributed by atoms with Crippen molar-refractivity contribution in [3.63, 3.8) is 0 Å². The van der Waals surface area contributed by atoms with Gasteiger partial charge in [0.1, 0.15) is 18.3 Å². The standard InChI is InChI=1S/C30H36N8O7S2/c1-33(2)46(41,42)37-16-13-31-27(37)20-36(21-28-32-14-17-38(28)47(43,44)34(3)4)29(39)25-10-11-26-19-35(15-12-24(26)18-25)30(40)45-22-23-8-6-5-7-9-23/h5-11,13-14,16-18H,12,15,19-22H2,1-4H3. The van der Waals surface area contributed by atoms with Gasteiger partial charge in [0.15, 0.2) is 0 Å². The van der Waals surface area contributed by atoms with Gasteiger partial charge in [-0.05, 0) is 35.2 Å². The Morgan fingerprint density at radius 2 is 1.38 bits per heavy atom. The molecule has 2 aromatic heterocycles. The minimum atomic E-state index is -3.97. The molecule has 0 saturated carbocycles. The Balaban J connectivity index is 1.40. The summed E-state index contributed by atoms with van der Waals surface area (Å²) in [7, 11) is -2.42. The van der Waals surface area contributed by atoms with E-state index in [1.54, 1.807) is 23.1 Å². The Morgan fingerprint density at radius 1 is 0.809 bits per heavy atom. The van der Waals surface area contributed by atoms with E-state index in [4.69, 9.17) is 4.74 Å². The summed E-state index contributed by atoms with van der Waals surface area (Å²) in [4.78, 5) is 38.2. The second-order valence-electron chi connectivity index (χ2n) is 11.2. The lowest BCUT2D eigenvalue weighted by molar-refractivity contribution is 0.0718. The van der Waals surface area contributed by atoms with Crippen LogP contribution in [0.25, 0.3) is 0 Å². The SMILES string of the molecule is CN(C)S(=O)(=O)n1ccnc1CN(Cc1nccn1S(=O)(=O)N(C)C)C(=O)c1ccc2c(c1)CCN(C(=O)OCc1ccccc1)C2. The minimum Gasteiger partial charge on any atom is -0.445 e. The molecule has 17 heteroatoms. The van der Waals surface area contributed by atoms with E-state index >= 15 is 0 Å². The van der Waals surface area contributed by atoms with Gasteiger partial charge in [0.05, 0.1) is 13.1 Å². The number of amides is 2. The molecule has 15 nitrogen and oxygen atoms in total. The van der Waals surface area contributed by atoms with Crippen molar-refractivity contribution in [2.24, 2.45) is 0 Å². The lowest BCUT2D eigenvalue weighted by atomic mass is 9.97. The number of hydrogen-bond acceptors (Lipinski definition) is 9. The van der Waals surface area contributed by atoms with Crippen LogP contribution in [-0.4, -0.2) is 99.9 Å². The molecule has 0 N–H and O–H groups in total. The number of imidazole rings is 2. The van der Waals surface area contributed by atoms with E-state index in [-0.39, 0.29) is 31.3 Å². The molecule has 5 rings (SSSR count). The first-order valence-corrected chi connectivity index (χ1v) is 17.4. The first-order chi connectivity index (χ1) is 22.3. The van der Waals surface area contributed by atoms with Crippen molar-refractivity contribution >= 4 is 32.4 Å².